The standard InChI is InChI=1S/C15H14ClFN2O/c1-19(9-10-5-2-3-7-12(10)17)15(20)14-11(16)6-4-8-13(14)18/h2-8H,9,18H2,1H3. The van der Waals surface area contributed by atoms with E-state index in [4.69, 9.17) is 17.3 Å². The number of carbonyl (C=O) groups is 1. The molecule has 0 fully saturated rings. The summed E-state index contributed by atoms with van der Waals surface area (Å²) >= 11 is 6.00. The van der Waals surface area contributed by atoms with Gasteiger partial charge >= 0.3 is 0 Å². The Morgan fingerprint density at radius 1 is 1.25 bits per heavy atom. The number of rotatable bonds is 3. The zero-order valence-corrected chi connectivity index (χ0v) is 11.7. The quantitative estimate of drug-likeness (QED) is 0.882. The molecule has 0 aliphatic heterocycles. The summed E-state index contributed by atoms with van der Waals surface area (Å²) in [4.78, 5) is 13.7. The van der Waals surface area contributed by atoms with Gasteiger partial charge in [0.2, 0.25) is 0 Å². The Morgan fingerprint density at radius 2 is 1.95 bits per heavy atom. The van der Waals surface area contributed by atoms with Gasteiger partial charge in [-0.1, -0.05) is 35.9 Å². The Morgan fingerprint density at radius 3 is 2.60 bits per heavy atom. The van der Waals surface area contributed by atoms with Crippen LogP contribution in [0.15, 0.2) is 42.5 Å². The van der Waals surface area contributed by atoms with E-state index in [1.54, 1.807) is 43.4 Å². The fourth-order valence-corrected chi connectivity index (χ4v) is 2.17. The van der Waals surface area contributed by atoms with E-state index in [1.165, 1.54) is 11.0 Å². The molecule has 0 bridgehead atoms. The van der Waals surface area contributed by atoms with E-state index in [0.29, 0.717) is 11.3 Å². The predicted molar refractivity (Wildman–Crippen MR) is 78.1 cm³/mol. The van der Waals surface area contributed by atoms with Gasteiger partial charge in [0, 0.05) is 24.8 Å². The average Bonchev–Trinajstić information content (AvgIpc) is 2.41. The number of nitrogen functional groups attached to an aromatic ring is 1. The molecule has 0 saturated heterocycles. The smallest absolute Gasteiger partial charge is 0.257 e. The fraction of sp³-hybridized carbons (Fsp3) is 0.133. The Labute approximate surface area is 121 Å². The van der Waals surface area contributed by atoms with Gasteiger partial charge < -0.3 is 10.6 Å². The van der Waals surface area contributed by atoms with E-state index >= 15 is 0 Å². The topological polar surface area (TPSA) is 46.3 Å². The third-order valence-electron chi connectivity index (χ3n) is 2.97. The van der Waals surface area contributed by atoms with Crippen LogP contribution in [0.1, 0.15) is 15.9 Å². The predicted octanol–water partition coefficient (Wildman–Crippen LogP) is 3.33. The number of hydrogen-bond acceptors (Lipinski definition) is 2. The van der Waals surface area contributed by atoms with Crippen molar-refractivity contribution >= 4 is 23.2 Å². The molecule has 20 heavy (non-hydrogen) atoms. The lowest BCUT2D eigenvalue weighted by Crippen LogP contribution is -2.27. The van der Waals surface area contributed by atoms with Crippen LogP contribution in [-0.2, 0) is 6.54 Å². The molecule has 0 heterocycles. The minimum absolute atomic E-state index is 0.149. The lowest BCUT2D eigenvalue weighted by Gasteiger charge is -2.19. The summed E-state index contributed by atoms with van der Waals surface area (Å²) in [6.07, 6.45) is 0. The van der Waals surface area contributed by atoms with Crippen LogP contribution in [0.5, 0.6) is 0 Å². The lowest BCUT2D eigenvalue weighted by molar-refractivity contribution is 0.0785. The average molecular weight is 293 g/mol. The summed E-state index contributed by atoms with van der Waals surface area (Å²) in [6, 6.07) is 11.2. The first kappa shape index (κ1) is 14.3. The zero-order chi connectivity index (χ0) is 14.7. The molecule has 3 nitrogen and oxygen atoms in total. The molecule has 0 aliphatic rings. The highest BCUT2D eigenvalue weighted by atomic mass is 35.5. The first-order chi connectivity index (χ1) is 9.50. The summed E-state index contributed by atoms with van der Waals surface area (Å²) < 4.78 is 13.6. The van der Waals surface area contributed by atoms with E-state index in [0.717, 1.165) is 0 Å². The molecule has 2 aromatic carbocycles. The van der Waals surface area contributed by atoms with Crippen LogP contribution in [0.2, 0.25) is 5.02 Å². The highest BCUT2D eigenvalue weighted by Gasteiger charge is 2.18. The van der Waals surface area contributed by atoms with Crippen LogP contribution in [0, 0.1) is 5.82 Å². The number of anilines is 1. The largest absolute Gasteiger partial charge is 0.398 e. The van der Waals surface area contributed by atoms with Crippen molar-refractivity contribution in [1.29, 1.82) is 0 Å². The second-order valence-corrected chi connectivity index (χ2v) is 4.86. The molecule has 2 rings (SSSR count). The zero-order valence-electron chi connectivity index (χ0n) is 10.9. The lowest BCUT2D eigenvalue weighted by atomic mass is 10.1. The van der Waals surface area contributed by atoms with E-state index < -0.39 is 0 Å². The molecule has 2 aromatic rings. The van der Waals surface area contributed by atoms with Crippen molar-refractivity contribution in [3.05, 3.63) is 64.4 Å². The van der Waals surface area contributed by atoms with Crippen molar-refractivity contribution in [2.24, 2.45) is 0 Å². The molecule has 0 aliphatic carbocycles. The summed E-state index contributed by atoms with van der Waals surface area (Å²) in [5.41, 5.74) is 6.77. The molecule has 0 aromatic heterocycles. The molecular formula is C15H14ClFN2O. The van der Waals surface area contributed by atoms with Crippen LogP contribution in [0.3, 0.4) is 0 Å². The van der Waals surface area contributed by atoms with Gasteiger partial charge in [0.1, 0.15) is 5.82 Å². The molecule has 0 spiro atoms. The Hall–Kier alpha value is -2.07. The summed E-state index contributed by atoms with van der Waals surface area (Å²) in [6.45, 7) is 0.149. The highest BCUT2D eigenvalue weighted by molar-refractivity contribution is 6.34. The van der Waals surface area contributed by atoms with Crippen molar-refractivity contribution < 1.29 is 9.18 Å². The number of carbonyl (C=O) groups excluding carboxylic acids is 1. The Bertz CT molecular complexity index is 625. The number of hydrogen-bond donors (Lipinski definition) is 1. The molecule has 0 saturated carbocycles. The maximum Gasteiger partial charge on any atom is 0.257 e. The van der Waals surface area contributed by atoms with Crippen molar-refractivity contribution in [3.8, 4) is 0 Å². The minimum Gasteiger partial charge on any atom is -0.398 e. The first-order valence-electron chi connectivity index (χ1n) is 6.03. The van der Waals surface area contributed by atoms with Crippen molar-refractivity contribution in [2.75, 3.05) is 12.8 Å². The normalized spacial score (nSPS) is 10.3. The number of amides is 1. The molecule has 0 atom stereocenters. The number of nitrogens with zero attached hydrogens (tertiary/aromatic N) is 1. The molecule has 5 heteroatoms. The van der Waals surface area contributed by atoms with Gasteiger partial charge in [-0.2, -0.15) is 0 Å². The van der Waals surface area contributed by atoms with Gasteiger partial charge in [0.25, 0.3) is 5.91 Å². The number of halogens is 2. The van der Waals surface area contributed by atoms with Crippen molar-refractivity contribution in [2.45, 2.75) is 6.54 Å². The third kappa shape index (κ3) is 2.91. The van der Waals surface area contributed by atoms with Crippen LogP contribution >= 0.6 is 11.6 Å². The van der Waals surface area contributed by atoms with Gasteiger partial charge in [-0.3, -0.25) is 4.79 Å². The summed E-state index contributed by atoms with van der Waals surface area (Å²) in [5, 5.41) is 0.287. The van der Waals surface area contributed by atoms with Crippen LogP contribution in [0.4, 0.5) is 10.1 Å². The van der Waals surface area contributed by atoms with E-state index in [-0.39, 0.29) is 28.9 Å². The molecule has 1 amide bonds. The Kier molecular flexibility index (Phi) is 4.25. The highest BCUT2D eigenvalue weighted by Crippen LogP contribution is 2.24. The van der Waals surface area contributed by atoms with Crippen molar-refractivity contribution in [1.82, 2.24) is 4.90 Å². The molecule has 2 N–H and O–H groups in total. The van der Waals surface area contributed by atoms with Crippen LogP contribution in [0.25, 0.3) is 0 Å². The monoisotopic (exact) mass is 292 g/mol. The number of benzene rings is 2. The van der Waals surface area contributed by atoms with E-state index in [9.17, 15) is 9.18 Å². The maximum absolute atomic E-state index is 13.6. The third-order valence-corrected chi connectivity index (χ3v) is 3.29. The molecule has 104 valence electrons. The van der Waals surface area contributed by atoms with E-state index in [1.807, 2.05) is 0 Å². The summed E-state index contributed by atoms with van der Waals surface area (Å²) in [5.74, 6) is -0.685. The number of nitrogens with two attached hydrogens (primary N) is 1. The first-order valence-corrected chi connectivity index (χ1v) is 6.41. The minimum atomic E-state index is -0.348. The van der Waals surface area contributed by atoms with E-state index in [2.05, 4.69) is 0 Å². The van der Waals surface area contributed by atoms with Crippen LogP contribution in [-0.4, -0.2) is 17.9 Å². The van der Waals surface area contributed by atoms with Gasteiger partial charge in [-0.25, -0.2) is 4.39 Å². The second-order valence-electron chi connectivity index (χ2n) is 4.46. The van der Waals surface area contributed by atoms with Crippen LogP contribution < -0.4 is 5.73 Å². The van der Waals surface area contributed by atoms with Gasteiger partial charge in [0.05, 0.1) is 10.6 Å². The molecule has 0 unspecified atom stereocenters. The SMILES string of the molecule is CN(Cc1ccccc1F)C(=O)c1c(N)cccc1Cl. The Balaban J connectivity index is 2.24. The van der Waals surface area contributed by atoms with Gasteiger partial charge in [-0.15, -0.1) is 0 Å². The molecule has 0 radical (unpaired) electrons. The maximum atomic E-state index is 13.6. The van der Waals surface area contributed by atoms with Gasteiger partial charge in [-0.05, 0) is 18.2 Å². The van der Waals surface area contributed by atoms with Crippen molar-refractivity contribution in [3.63, 3.8) is 0 Å². The second kappa shape index (κ2) is 5.92. The molecular weight excluding hydrogens is 279 g/mol. The fourth-order valence-electron chi connectivity index (χ4n) is 1.91. The van der Waals surface area contributed by atoms with Gasteiger partial charge in [0.15, 0.2) is 0 Å². The summed E-state index contributed by atoms with van der Waals surface area (Å²) in [7, 11) is 1.58.